The molecule has 1 rings (SSSR count). The number of nitrogens with zero attached hydrogens (tertiary/aromatic N) is 1. The van der Waals surface area contributed by atoms with Gasteiger partial charge in [-0.15, -0.1) is 0 Å². The third-order valence-corrected chi connectivity index (χ3v) is 1.39. The van der Waals surface area contributed by atoms with Gasteiger partial charge in [-0.05, 0) is 5.87 Å². The van der Waals surface area contributed by atoms with E-state index < -0.39 is 13.2 Å². The van der Waals surface area contributed by atoms with Crippen molar-refractivity contribution in [2.24, 2.45) is 4.99 Å². The summed E-state index contributed by atoms with van der Waals surface area (Å²) in [6, 6.07) is 0. The fourth-order valence-corrected chi connectivity index (χ4v) is 0.810. The molecule has 4 nitrogen and oxygen atoms in total. The molecule has 0 aromatic heterocycles. The predicted molar refractivity (Wildman–Crippen MR) is 41.1 cm³/mol. The summed E-state index contributed by atoms with van der Waals surface area (Å²) < 4.78 is 4.90. The van der Waals surface area contributed by atoms with Gasteiger partial charge in [0.15, 0.2) is 0 Å². The van der Waals surface area contributed by atoms with Crippen molar-refractivity contribution >= 4 is 13.0 Å². The number of aliphatic imine (C=N–C) groups is 1. The smallest absolute Gasteiger partial charge is 0.423 e. The Hall–Kier alpha value is -0.865. The van der Waals surface area contributed by atoms with Gasteiger partial charge in [-0.1, -0.05) is 0 Å². The van der Waals surface area contributed by atoms with Crippen LogP contribution in [0.15, 0.2) is 22.7 Å². The van der Waals surface area contributed by atoms with Crippen LogP contribution in [0.4, 0.5) is 0 Å². The largest absolute Gasteiger partial charge is 0.488 e. The highest BCUT2D eigenvalue weighted by Gasteiger charge is 2.23. The van der Waals surface area contributed by atoms with Crippen molar-refractivity contribution in [1.82, 2.24) is 0 Å². The average Bonchev–Trinajstić information content (AvgIpc) is 2.04. The van der Waals surface area contributed by atoms with Gasteiger partial charge in [0.2, 0.25) is 0 Å². The maximum Gasteiger partial charge on any atom is 0.488 e. The average molecular weight is 153 g/mol. The van der Waals surface area contributed by atoms with E-state index in [0.717, 1.165) is 0 Å². The van der Waals surface area contributed by atoms with E-state index in [4.69, 9.17) is 14.8 Å². The lowest BCUT2D eigenvalue weighted by Crippen LogP contribution is -2.27. The van der Waals surface area contributed by atoms with E-state index in [-0.39, 0.29) is 0 Å². The summed E-state index contributed by atoms with van der Waals surface area (Å²) in [5.74, 6) is 2.55. The highest BCUT2D eigenvalue weighted by molar-refractivity contribution is 6.51. The molecule has 0 saturated carbocycles. The van der Waals surface area contributed by atoms with Gasteiger partial charge in [-0.25, -0.2) is 4.99 Å². The van der Waals surface area contributed by atoms with Crippen molar-refractivity contribution in [3.8, 4) is 0 Å². The second-order valence-corrected chi connectivity index (χ2v) is 2.08. The van der Waals surface area contributed by atoms with Crippen molar-refractivity contribution in [3.05, 3.63) is 17.7 Å². The van der Waals surface area contributed by atoms with Crippen LogP contribution in [-0.2, 0) is 4.74 Å². The minimum Gasteiger partial charge on any atom is -0.423 e. The second kappa shape index (κ2) is 3.50. The molecule has 0 aromatic rings. The monoisotopic (exact) mass is 153 g/mol. The van der Waals surface area contributed by atoms with Gasteiger partial charge >= 0.3 is 7.12 Å². The molecule has 11 heavy (non-hydrogen) atoms. The van der Waals surface area contributed by atoms with Crippen LogP contribution in [0.25, 0.3) is 0 Å². The SMILES string of the molecule is COC1C=C=NC=C1B(O)O. The highest BCUT2D eigenvalue weighted by Crippen LogP contribution is 2.10. The third kappa shape index (κ3) is 1.79. The molecule has 0 amide bonds. The Kier molecular flexibility index (Phi) is 2.62. The lowest BCUT2D eigenvalue weighted by molar-refractivity contribution is 0.170. The lowest BCUT2D eigenvalue weighted by atomic mass is 9.76. The van der Waals surface area contributed by atoms with E-state index in [9.17, 15) is 0 Å². The van der Waals surface area contributed by atoms with Crippen LogP contribution in [0.5, 0.6) is 0 Å². The normalized spacial score (nSPS) is 21.7. The molecule has 1 aliphatic heterocycles. The van der Waals surface area contributed by atoms with E-state index >= 15 is 0 Å². The molecule has 1 unspecified atom stereocenters. The Morgan fingerprint density at radius 1 is 1.73 bits per heavy atom. The summed E-state index contributed by atoms with van der Waals surface area (Å²) in [4.78, 5) is 3.61. The molecular formula is C6H8BNO3. The molecule has 1 aliphatic rings. The zero-order valence-electron chi connectivity index (χ0n) is 6.06. The third-order valence-electron chi connectivity index (χ3n) is 1.39. The Morgan fingerprint density at radius 2 is 2.45 bits per heavy atom. The first kappa shape index (κ1) is 8.23. The zero-order chi connectivity index (χ0) is 8.27. The lowest BCUT2D eigenvalue weighted by Gasteiger charge is -2.13. The first-order valence-corrected chi connectivity index (χ1v) is 3.13. The van der Waals surface area contributed by atoms with Gasteiger partial charge in [0, 0.05) is 24.9 Å². The molecule has 0 radical (unpaired) electrons. The number of rotatable bonds is 2. The Morgan fingerprint density at radius 3 is 2.91 bits per heavy atom. The van der Waals surface area contributed by atoms with Gasteiger partial charge in [0.05, 0.1) is 0 Å². The number of hydrogen-bond acceptors (Lipinski definition) is 4. The molecule has 0 spiro atoms. The summed E-state index contributed by atoms with van der Waals surface area (Å²) in [6.45, 7) is 0. The van der Waals surface area contributed by atoms with Crippen LogP contribution in [0.1, 0.15) is 0 Å². The molecule has 0 bridgehead atoms. The van der Waals surface area contributed by atoms with E-state index in [1.807, 2.05) is 0 Å². The summed E-state index contributed by atoms with van der Waals surface area (Å²) in [5, 5.41) is 17.6. The Bertz CT molecular complexity index is 230. The highest BCUT2D eigenvalue weighted by atomic mass is 16.5. The Labute approximate surface area is 64.7 Å². The van der Waals surface area contributed by atoms with Gasteiger partial charge < -0.3 is 14.8 Å². The van der Waals surface area contributed by atoms with Crippen molar-refractivity contribution in [2.75, 3.05) is 7.11 Å². The Balaban J connectivity index is 2.80. The predicted octanol–water partition coefficient (Wildman–Crippen LogP) is -0.863. The summed E-state index contributed by atoms with van der Waals surface area (Å²) >= 11 is 0. The zero-order valence-corrected chi connectivity index (χ0v) is 6.06. The number of hydrogen-bond donors (Lipinski definition) is 2. The van der Waals surface area contributed by atoms with Crippen molar-refractivity contribution in [1.29, 1.82) is 0 Å². The number of ether oxygens (including phenoxy) is 1. The van der Waals surface area contributed by atoms with Crippen LogP contribution in [0.2, 0.25) is 0 Å². The molecule has 0 aromatic carbocycles. The molecule has 1 atom stereocenters. The quantitative estimate of drug-likeness (QED) is 0.507. The van der Waals surface area contributed by atoms with Crippen LogP contribution in [-0.4, -0.2) is 36.3 Å². The molecular weight excluding hydrogens is 145 g/mol. The fourth-order valence-electron chi connectivity index (χ4n) is 0.810. The van der Waals surface area contributed by atoms with E-state index in [1.165, 1.54) is 19.4 Å². The molecule has 5 heteroatoms. The molecule has 2 N–H and O–H groups in total. The van der Waals surface area contributed by atoms with Crippen LogP contribution in [0.3, 0.4) is 0 Å². The van der Waals surface area contributed by atoms with E-state index in [0.29, 0.717) is 5.47 Å². The number of methoxy groups -OCH3 is 1. The first-order chi connectivity index (χ1) is 5.25. The van der Waals surface area contributed by atoms with Crippen molar-refractivity contribution < 1.29 is 14.8 Å². The van der Waals surface area contributed by atoms with Gasteiger partial charge in [-0.2, -0.15) is 0 Å². The minimum absolute atomic E-state index is 0.325. The maximum absolute atomic E-state index is 8.78. The van der Waals surface area contributed by atoms with Crippen LogP contribution >= 0.6 is 0 Å². The first-order valence-electron chi connectivity index (χ1n) is 3.13. The molecule has 0 saturated heterocycles. The minimum atomic E-state index is -1.51. The van der Waals surface area contributed by atoms with Crippen LogP contribution in [0, 0.1) is 0 Å². The van der Waals surface area contributed by atoms with Gasteiger partial charge in [0.1, 0.15) is 6.10 Å². The van der Waals surface area contributed by atoms with Gasteiger partial charge in [-0.3, -0.25) is 0 Å². The standard InChI is InChI=1S/C6H8BNO3/c1-11-6-2-3-8-4-5(6)7(9)10/h2,4,6,9-10H,1H3. The summed E-state index contributed by atoms with van der Waals surface area (Å²) in [7, 11) is -0.0354. The second-order valence-electron chi connectivity index (χ2n) is 2.08. The van der Waals surface area contributed by atoms with Crippen molar-refractivity contribution in [2.45, 2.75) is 6.10 Å². The van der Waals surface area contributed by atoms with Crippen molar-refractivity contribution in [3.63, 3.8) is 0 Å². The summed E-state index contributed by atoms with van der Waals surface area (Å²) in [5.41, 5.74) is 0.325. The molecule has 0 aliphatic carbocycles. The van der Waals surface area contributed by atoms with E-state index in [1.54, 1.807) is 0 Å². The summed E-state index contributed by atoms with van der Waals surface area (Å²) in [6.07, 6.45) is 2.43. The van der Waals surface area contributed by atoms with Gasteiger partial charge in [0.25, 0.3) is 0 Å². The van der Waals surface area contributed by atoms with Crippen LogP contribution < -0.4 is 0 Å². The fraction of sp³-hybridized carbons (Fsp3) is 0.333. The topological polar surface area (TPSA) is 62.0 Å². The molecule has 58 valence electrons. The molecule has 0 fully saturated rings. The van der Waals surface area contributed by atoms with E-state index in [2.05, 4.69) is 10.9 Å². The maximum atomic E-state index is 8.78. The molecule has 1 heterocycles.